The van der Waals surface area contributed by atoms with E-state index in [9.17, 15) is 31.0 Å². The lowest BCUT2D eigenvalue weighted by Gasteiger charge is -2.62. The Morgan fingerprint density at radius 1 is 0.830 bits per heavy atom. The third kappa shape index (κ3) is 7.30. The molecule has 0 spiro atoms. The van der Waals surface area contributed by atoms with Crippen LogP contribution in [0.1, 0.15) is 125 Å². The molecular formula is C36H56O9S2. The molecule has 0 bridgehead atoms. The molecule has 47 heavy (non-hydrogen) atoms. The predicted molar refractivity (Wildman–Crippen MR) is 182 cm³/mol. The standard InChI is InChI=1S/C36H56O9S2/c1-24-10-13-30-33(4,20-14-31-35(6)19-8-16-32(2,3)29(35)15-21-36(31,7)37)17-9-18-34(30,5)27(24)23-25-22-26(44-46(38,39)40)11-12-28(25)45-47(41,42)43/h10-12,22,27,29-31,37H,8-9,13-21,23H2,1-7H3,(H,38,39,40)(H,41,42,43)/t27?,29-,30-,31?,33+,34+,35-,36-/m0/s1. The smallest absolute Gasteiger partial charge is 0.390 e. The molecule has 0 amide bonds. The Balaban J connectivity index is 1.45. The molecule has 3 fully saturated rings. The molecule has 4 aliphatic rings. The maximum absolute atomic E-state index is 11.9. The van der Waals surface area contributed by atoms with E-state index in [1.54, 1.807) is 0 Å². The van der Waals surface area contributed by atoms with Gasteiger partial charge in [0.25, 0.3) is 0 Å². The molecule has 0 radical (unpaired) electrons. The highest BCUT2D eigenvalue weighted by Gasteiger charge is 2.59. The van der Waals surface area contributed by atoms with Gasteiger partial charge in [0.05, 0.1) is 5.60 Å². The van der Waals surface area contributed by atoms with Crippen LogP contribution in [0.15, 0.2) is 29.8 Å². The number of fused-ring (bicyclic) bond motifs is 2. The van der Waals surface area contributed by atoms with Crippen molar-refractivity contribution in [2.45, 2.75) is 131 Å². The summed E-state index contributed by atoms with van der Waals surface area (Å²) in [5, 5.41) is 11.9. The van der Waals surface area contributed by atoms with Crippen LogP contribution in [0.4, 0.5) is 0 Å². The second-order valence-corrected chi connectivity index (χ2v) is 19.2. The van der Waals surface area contributed by atoms with Crippen LogP contribution in [0.25, 0.3) is 0 Å². The van der Waals surface area contributed by atoms with Crippen LogP contribution in [0.5, 0.6) is 11.5 Å². The van der Waals surface area contributed by atoms with E-state index in [0.717, 1.165) is 57.8 Å². The summed E-state index contributed by atoms with van der Waals surface area (Å²) in [5.74, 6) is 0.827. The van der Waals surface area contributed by atoms with Gasteiger partial charge in [0.1, 0.15) is 11.5 Å². The average Bonchev–Trinajstić information content (AvgIpc) is 2.89. The first-order chi connectivity index (χ1) is 21.5. The number of benzene rings is 1. The molecule has 0 saturated heterocycles. The van der Waals surface area contributed by atoms with Crippen LogP contribution in [0.3, 0.4) is 0 Å². The van der Waals surface area contributed by atoms with Crippen molar-refractivity contribution in [1.82, 2.24) is 0 Å². The molecule has 2 unspecified atom stereocenters. The molecule has 5 rings (SSSR count). The summed E-state index contributed by atoms with van der Waals surface area (Å²) in [5.41, 5.74) is 1.06. The van der Waals surface area contributed by atoms with Crippen molar-refractivity contribution in [3.63, 3.8) is 0 Å². The zero-order valence-electron chi connectivity index (χ0n) is 29.2. The van der Waals surface area contributed by atoms with Gasteiger partial charge in [-0.3, -0.25) is 9.11 Å². The van der Waals surface area contributed by atoms with E-state index < -0.39 is 26.4 Å². The molecule has 8 atom stereocenters. The van der Waals surface area contributed by atoms with E-state index in [1.807, 2.05) is 0 Å². The van der Waals surface area contributed by atoms with E-state index >= 15 is 0 Å². The van der Waals surface area contributed by atoms with Gasteiger partial charge < -0.3 is 13.5 Å². The first kappa shape index (κ1) is 36.6. The number of allylic oxidation sites excluding steroid dienone is 2. The Labute approximate surface area is 282 Å². The number of aliphatic hydroxyl groups is 1. The lowest BCUT2D eigenvalue weighted by atomic mass is 9.43. The second-order valence-electron chi connectivity index (χ2n) is 17.2. The van der Waals surface area contributed by atoms with Gasteiger partial charge in [0.15, 0.2) is 0 Å². The Hall–Kier alpha value is -1.66. The van der Waals surface area contributed by atoms with Crippen molar-refractivity contribution >= 4 is 20.8 Å². The molecule has 0 aromatic heterocycles. The summed E-state index contributed by atoms with van der Waals surface area (Å²) in [6, 6.07) is 3.75. The summed E-state index contributed by atoms with van der Waals surface area (Å²) >= 11 is 0. The fourth-order valence-electron chi connectivity index (χ4n) is 11.7. The van der Waals surface area contributed by atoms with E-state index in [1.165, 1.54) is 36.6 Å². The third-order valence-electron chi connectivity index (χ3n) is 13.7. The van der Waals surface area contributed by atoms with E-state index in [2.05, 4.69) is 54.5 Å². The van der Waals surface area contributed by atoms with Crippen molar-refractivity contribution in [3.8, 4) is 11.5 Å². The number of hydrogen-bond acceptors (Lipinski definition) is 7. The average molecular weight is 697 g/mol. The van der Waals surface area contributed by atoms with Crippen LogP contribution >= 0.6 is 0 Å². The molecule has 0 aliphatic heterocycles. The van der Waals surface area contributed by atoms with Gasteiger partial charge in [0.2, 0.25) is 0 Å². The van der Waals surface area contributed by atoms with Gasteiger partial charge in [-0.15, -0.1) is 0 Å². The SMILES string of the molecule is CC1=CC[C@H]2[C@@](C)(CCC3[C@@](C)(O)CC[C@H]4C(C)(C)CCC[C@]34C)CCC[C@]2(C)C1Cc1cc(OS(=O)(=O)O)ccc1OS(=O)(=O)O. The first-order valence-corrected chi connectivity index (χ1v) is 20.1. The van der Waals surface area contributed by atoms with Gasteiger partial charge in [-0.25, -0.2) is 0 Å². The fraction of sp³-hybridized carbons (Fsp3) is 0.778. The van der Waals surface area contributed by atoms with Crippen molar-refractivity contribution in [1.29, 1.82) is 0 Å². The number of hydrogen-bond donors (Lipinski definition) is 3. The van der Waals surface area contributed by atoms with E-state index in [-0.39, 0.29) is 45.0 Å². The molecule has 266 valence electrons. The molecule has 1 aromatic rings. The van der Waals surface area contributed by atoms with Gasteiger partial charge in [-0.05, 0) is 142 Å². The predicted octanol–water partition coefficient (Wildman–Crippen LogP) is 8.15. The molecule has 3 N–H and O–H groups in total. The topological polar surface area (TPSA) is 147 Å². The Bertz CT molecular complexity index is 1600. The summed E-state index contributed by atoms with van der Waals surface area (Å²) in [6.45, 7) is 16.2. The lowest BCUT2D eigenvalue weighted by molar-refractivity contribution is -0.174. The second kappa shape index (κ2) is 12.3. The lowest BCUT2D eigenvalue weighted by Crippen LogP contribution is -2.58. The van der Waals surface area contributed by atoms with Crippen molar-refractivity contribution in [2.24, 2.45) is 45.3 Å². The largest absolute Gasteiger partial charge is 0.446 e. The van der Waals surface area contributed by atoms with Crippen LogP contribution in [-0.2, 0) is 27.2 Å². The Morgan fingerprint density at radius 2 is 1.47 bits per heavy atom. The molecular weight excluding hydrogens is 641 g/mol. The highest BCUT2D eigenvalue weighted by Crippen LogP contribution is 2.66. The minimum absolute atomic E-state index is 0.0235. The van der Waals surface area contributed by atoms with Crippen molar-refractivity contribution in [3.05, 3.63) is 35.4 Å². The molecule has 11 heteroatoms. The maximum Gasteiger partial charge on any atom is 0.446 e. The Kier molecular flexibility index (Phi) is 9.57. The minimum Gasteiger partial charge on any atom is -0.390 e. The maximum atomic E-state index is 11.9. The quantitative estimate of drug-likeness (QED) is 0.172. The van der Waals surface area contributed by atoms with Gasteiger partial charge in [-0.2, -0.15) is 16.8 Å². The van der Waals surface area contributed by atoms with Crippen LogP contribution in [0, 0.1) is 45.3 Å². The third-order valence-corrected chi connectivity index (χ3v) is 14.5. The highest BCUT2D eigenvalue weighted by molar-refractivity contribution is 7.81. The minimum atomic E-state index is -4.85. The molecule has 9 nitrogen and oxygen atoms in total. The van der Waals surface area contributed by atoms with Crippen LogP contribution in [-0.4, -0.2) is 36.6 Å². The molecule has 1 aromatic carbocycles. The molecule has 4 aliphatic carbocycles. The summed E-state index contributed by atoms with van der Waals surface area (Å²) in [6.07, 6.45) is 14.2. The van der Waals surface area contributed by atoms with Gasteiger partial charge in [0, 0.05) is 5.56 Å². The van der Waals surface area contributed by atoms with Crippen LogP contribution < -0.4 is 8.37 Å². The monoisotopic (exact) mass is 696 g/mol. The zero-order valence-corrected chi connectivity index (χ0v) is 30.8. The molecule has 0 heterocycles. The molecule has 3 saturated carbocycles. The Morgan fingerprint density at radius 3 is 2.13 bits per heavy atom. The highest BCUT2D eigenvalue weighted by atomic mass is 32.3. The normalized spacial score (nSPS) is 38.9. The van der Waals surface area contributed by atoms with Crippen molar-refractivity contribution < 1.29 is 39.4 Å². The van der Waals surface area contributed by atoms with E-state index in [0.29, 0.717) is 23.8 Å². The van der Waals surface area contributed by atoms with Crippen LogP contribution in [0.2, 0.25) is 0 Å². The van der Waals surface area contributed by atoms with Gasteiger partial charge >= 0.3 is 20.8 Å². The number of rotatable bonds is 9. The van der Waals surface area contributed by atoms with Crippen molar-refractivity contribution in [2.75, 3.05) is 0 Å². The summed E-state index contributed by atoms with van der Waals surface area (Å²) in [7, 11) is -9.66. The fourth-order valence-corrected chi connectivity index (χ4v) is 12.4. The summed E-state index contributed by atoms with van der Waals surface area (Å²) < 4.78 is 74.8. The first-order valence-electron chi connectivity index (χ1n) is 17.3. The van der Waals surface area contributed by atoms with E-state index in [4.69, 9.17) is 8.37 Å². The zero-order chi connectivity index (χ0) is 34.8. The summed E-state index contributed by atoms with van der Waals surface area (Å²) in [4.78, 5) is 0. The van der Waals surface area contributed by atoms with Gasteiger partial charge in [-0.1, -0.05) is 59.1 Å².